The summed E-state index contributed by atoms with van der Waals surface area (Å²) in [4.78, 5) is 0. The molecule has 1 nitrogen and oxygen atoms in total. The first kappa shape index (κ1) is 10.0. The van der Waals surface area contributed by atoms with E-state index in [1.807, 2.05) is 0 Å². The van der Waals surface area contributed by atoms with Crippen LogP contribution in [0.4, 0.5) is 0 Å². The van der Waals surface area contributed by atoms with Crippen molar-refractivity contribution in [3.05, 3.63) is 35.9 Å². The van der Waals surface area contributed by atoms with Crippen LogP contribution in [0.15, 0.2) is 30.3 Å². The Morgan fingerprint density at radius 2 is 1.93 bits per heavy atom. The van der Waals surface area contributed by atoms with Crippen LogP contribution in [0.3, 0.4) is 0 Å². The van der Waals surface area contributed by atoms with E-state index in [0.717, 1.165) is 5.92 Å². The quantitative estimate of drug-likeness (QED) is 0.789. The van der Waals surface area contributed by atoms with Crippen molar-refractivity contribution >= 4 is 12.4 Å². The van der Waals surface area contributed by atoms with Crippen LogP contribution in [0, 0.1) is 5.92 Å². The Morgan fingerprint density at radius 3 is 2.50 bits per heavy atom. The maximum atomic E-state index is 3.66. The summed E-state index contributed by atoms with van der Waals surface area (Å²) < 4.78 is 0. The SMILES string of the molecule is Cl.c1ccc(CC23CC(CN2)C3)cc1. The Balaban J connectivity index is 0.000000750. The molecule has 1 aromatic rings. The van der Waals surface area contributed by atoms with Gasteiger partial charge in [0, 0.05) is 5.54 Å². The number of benzene rings is 1. The van der Waals surface area contributed by atoms with Gasteiger partial charge in [-0.3, -0.25) is 0 Å². The number of rotatable bonds is 2. The monoisotopic (exact) mass is 209 g/mol. The average molecular weight is 210 g/mol. The standard InChI is InChI=1S/C12H15N.ClH/c1-2-4-10(5-3-1)6-12-7-11(8-12)9-13-12;/h1-5,11,13H,6-9H2;1H. The molecular formula is C12H16ClN. The highest BCUT2D eigenvalue weighted by Gasteiger charge is 2.49. The fourth-order valence-corrected chi connectivity index (χ4v) is 2.89. The number of fused-ring (bicyclic) bond motifs is 1. The summed E-state index contributed by atoms with van der Waals surface area (Å²) in [7, 11) is 0. The summed E-state index contributed by atoms with van der Waals surface area (Å²) in [6.45, 7) is 1.26. The lowest BCUT2D eigenvalue weighted by Crippen LogP contribution is -2.45. The topological polar surface area (TPSA) is 12.0 Å². The van der Waals surface area contributed by atoms with Crippen molar-refractivity contribution in [2.75, 3.05) is 6.54 Å². The third-order valence-electron chi connectivity index (χ3n) is 3.51. The Bertz CT molecular complexity index is 298. The lowest BCUT2D eigenvalue weighted by molar-refractivity contribution is 0.225. The summed E-state index contributed by atoms with van der Waals surface area (Å²) in [5.74, 6) is 0.990. The number of nitrogens with one attached hydrogen (secondary N) is 1. The van der Waals surface area contributed by atoms with Crippen LogP contribution in [-0.2, 0) is 6.42 Å². The van der Waals surface area contributed by atoms with E-state index in [1.165, 1.54) is 31.4 Å². The van der Waals surface area contributed by atoms with Gasteiger partial charge in [-0.15, -0.1) is 12.4 Å². The molecule has 3 aliphatic rings. The highest BCUT2D eigenvalue weighted by Crippen LogP contribution is 2.45. The van der Waals surface area contributed by atoms with Gasteiger partial charge in [0.25, 0.3) is 0 Å². The molecule has 1 saturated carbocycles. The van der Waals surface area contributed by atoms with Crippen molar-refractivity contribution < 1.29 is 0 Å². The van der Waals surface area contributed by atoms with Crippen molar-refractivity contribution in [3.8, 4) is 0 Å². The molecule has 0 amide bonds. The fraction of sp³-hybridized carbons (Fsp3) is 0.500. The predicted octanol–water partition coefficient (Wildman–Crippen LogP) is 2.40. The third-order valence-corrected chi connectivity index (χ3v) is 3.51. The second-order valence-electron chi connectivity index (χ2n) is 4.60. The maximum Gasteiger partial charge on any atom is 0.0228 e. The van der Waals surface area contributed by atoms with E-state index in [1.54, 1.807) is 0 Å². The largest absolute Gasteiger partial charge is 0.311 e. The van der Waals surface area contributed by atoms with Crippen LogP contribution in [0.1, 0.15) is 18.4 Å². The van der Waals surface area contributed by atoms with Gasteiger partial charge < -0.3 is 5.32 Å². The normalized spacial score (nSPS) is 33.3. The van der Waals surface area contributed by atoms with Gasteiger partial charge in [0.2, 0.25) is 0 Å². The second kappa shape index (κ2) is 3.56. The van der Waals surface area contributed by atoms with Crippen LogP contribution < -0.4 is 5.32 Å². The number of hydrogen-bond acceptors (Lipinski definition) is 1. The van der Waals surface area contributed by atoms with Crippen LogP contribution in [0.5, 0.6) is 0 Å². The predicted molar refractivity (Wildman–Crippen MR) is 60.9 cm³/mol. The molecule has 1 aromatic carbocycles. The fourth-order valence-electron chi connectivity index (χ4n) is 2.89. The third kappa shape index (κ3) is 1.55. The molecular weight excluding hydrogens is 194 g/mol. The van der Waals surface area contributed by atoms with Crippen LogP contribution >= 0.6 is 12.4 Å². The molecule has 0 aromatic heterocycles. The molecule has 2 heteroatoms. The molecule has 2 bridgehead atoms. The Hall–Kier alpha value is -0.530. The molecule has 0 radical (unpaired) electrons. The molecule has 1 N–H and O–H groups in total. The first-order valence-corrected chi connectivity index (χ1v) is 5.15. The van der Waals surface area contributed by atoms with Gasteiger partial charge in [0.05, 0.1) is 0 Å². The minimum Gasteiger partial charge on any atom is -0.311 e. The smallest absolute Gasteiger partial charge is 0.0228 e. The molecule has 1 aliphatic carbocycles. The molecule has 2 aliphatic heterocycles. The summed E-state index contributed by atoms with van der Waals surface area (Å²) in [5, 5.41) is 3.66. The summed E-state index contributed by atoms with van der Waals surface area (Å²) in [6.07, 6.45) is 4.04. The summed E-state index contributed by atoms with van der Waals surface area (Å²) in [5.41, 5.74) is 1.97. The average Bonchev–Trinajstić information content (AvgIpc) is 2.65. The zero-order valence-corrected chi connectivity index (χ0v) is 9.02. The molecule has 76 valence electrons. The first-order chi connectivity index (χ1) is 6.36. The van der Waals surface area contributed by atoms with Gasteiger partial charge in [-0.05, 0) is 37.3 Å². The van der Waals surface area contributed by atoms with Crippen molar-refractivity contribution in [1.82, 2.24) is 5.32 Å². The lowest BCUT2D eigenvalue weighted by atomic mass is 9.70. The summed E-state index contributed by atoms with van der Waals surface area (Å²) in [6, 6.07) is 10.8. The van der Waals surface area contributed by atoms with Crippen LogP contribution in [0.25, 0.3) is 0 Å². The lowest BCUT2D eigenvalue weighted by Gasteiger charge is -2.37. The van der Waals surface area contributed by atoms with E-state index >= 15 is 0 Å². The van der Waals surface area contributed by atoms with Gasteiger partial charge in [0.1, 0.15) is 0 Å². The van der Waals surface area contributed by atoms with E-state index in [0.29, 0.717) is 5.54 Å². The first-order valence-electron chi connectivity index (χ1n) is 5.15. The molecule has 0 unspecified atom stereocenters. The second-order valence-corrected chi connectivity index (χ2v) is 4.60. The van der Waals surface area contributed by atoms with Gasteiger partial charge in [-0.25, -0.2) is 0 Å². The Labute approximate surface area is 91.3 Å². The maximum absolute atomic E-state index is 3.66. The molecule has 3 fully saturated rings. The summed E-state index contributed by atoms with van der Waals surface area (Å²) >= 11 is 0. The van der Waals surface area contributed by atoms with E-state index in [2.05, 4.69) is 35.6 Å². The zero-order chi connectivity index (χ0) is 8.73. The number of halogens is 1. The van der Waals surface area contributed by atoms with Crippen LogP contribution in [-0.4, -0.2) is 12.1 Å². The van der Waals surface area contributed by atoms with E-state index < -0.39 is 0 Å². The van der Waals surface area contributed by atoms with Gasteiger partial charge in [-0.1, -0.05) is 30.3 Å². The van der Waals surface area contributed by atoms with Gasteiger partial charge >= 0.3 is 0 Å². The Morgan fingerprint density at radius 1 is 1.21 bits per heavy atom. The Kier molecular flexibility index (Phi) is 2.54. The van der Waals surface area contributed by atoms with Gasteiger partial charge in [0.15, 0.2) is 0 Å². The molecule has 0 spiro atoms. The van der Waals surface area contributed by atoms with Gasteiger partial charge in [-0.2, -0.15) is 0 Å². The van der Waals surface area contributed by atoms with Crippen molar-refractivity contribution in [1.29, 1.82) is 0 Å². The number of hydrogen-bond donors (Lipinski definition) is 1. The molecule has 4 rings (SSSR count). The van der Waals surface area contributed by atoms with E-state index in [-0.39, 0.29) is 12.4 Å². The molecule has 2 heterocycles. The van der Waals surface area contributed by atoms with Crippen molar-refractivity contribution in [2.24, 2.45) is 5.92 Å². The minimum absolute atomic E-state index is 0. The molecule has 14 heavy (non-hydrogen) atoms. The molecule has 0 atom stereocenters. The van der Waals surface area contributed by atoms with Crippen molar-refractivity contribution in [3.63, 3.8) is 0 Å². The highest BCUT2D eigenvalue weighted by molar-refractivity contribution is 5.85. The van der Waals surface area contributed by atoms with E-state index in [4.69, 9.17) is 0 Å². The zero-order valence-electron chi connectivity index (χ0n) is 8.20. The van der Waals surface area contributed by atoms with Crippen LogP contribution in [0.2, 0.25) is 0 Å². The highest BCUT2D eigenvalue weighted by atomic mass is 35.5. The van der Waals surface area contributed by atoms with E-state index in [9.17, 15) is 0 Å². The minimum atomic E-state index is 0. The van der Waals surface area contributed by atoms with Crippen molar-refractivity contribution in [2.45, 2.75) is 24.8 Å². The molecule has 2 saturated heterocycles.